The highest BCUT2D eigenvalue weighted by atomic mass is 32.2. The molecule has 0 spiro atoms. The van der Waals surface area contributed by atoms with E-state index in [1.165, 1.54) is 4.90 Å². The minimum Gasteiger partial charge on any atom is -0.497 e. The van der Waals surface area contributed by atoms with E-state index in [0.29, 0.717) is 50.3 Å². The molecule has 1 aliphatic heterocycles. The van der Waals surface area contributed by atoms with Crippen molar-refractivity contribution in [1.29, 1.82) is 0 Å². The number of carbonyl (C=O) groups is 1. The van der Waals surface area contributed by atoms with Crippen LogP contribution in [0.4, 0.5) is 5.82 Å². The largest absolute Gasteiger partial charge is 0.497 e. The van der Waals surface area contributed by atoms with Crippen molar-refractivity contribution < 1.29 is 14.6 Å². The van der Waals surface area contributed by atoms with Gasteiger partial charge in [0.15, 0.2) is 0 Å². The highest BCUT2D eigenvalue weighted by Crippen LogP contribution is 2.28. The lowest BCUT2D eigenvalue weighted by Crippen LogP contribution is -2.38. The summed E-state index contributed by atoms with van der Waals surface area (Å²) in [6, 6.07) is 19.9. The fraction of sp³-hybridized carbons (Fsp3) is 0.333. The van der Waals surface area contributed by atoms with Crippen LogP contribution in [0.2, 0.25) is 0 Å². The number of pyridine rings is 1. The third-order valence-corrected chi connectivity index (χ3v) is 6.85. The molecule has 0 saturated carbocycles. The normalized spacial score (nSPS) is 14.1. The molecule has 0 aliphatic carbocycles. The molecule has 4 rings (SSSR count). The van der Waals surface area contributed by atoms with E-state index in [4.69, 9.17) is 9.72 Å². The van der Waals surface area contributed by atoms with Crippen molar-refractivity contribution in [3.63, 3.8) is 0 Å². The van der Waals surface area contributed by atoms with E-state index in [1.54, 1.807) is 18.9 Å². The molecule has 7 heteroatoms. The standard InChI is InChI=1S/C27H31N3O3S/c1-33-22-5-3-4-19(18-22)12-15-28-27(32)24-10-11-25(20-6-8-23(34-2)9-7-20)29-26(24)30-16-13-21(31)14-17-30/h3-11,18,21,31H,12-17H2,1-2H3,(H,28,32). The van der Waals surface area contributed by atoms with E-state index in [0.717, 1.165) is 22.6 Å². The highest BCUT2D eigenvalue weighted by molar-refractivity contribution is 7.98. The van der Waals surface area contributed by atoms with E-state index in [9.17, 15) is 9.90 Å². The molecule has 1 amide bonds. The summed E-state index contributed by atoms with van der Waals surface area (Å²) in [5, 5.41) is 13.0. The molecule has 0 unspecified atom stereocenters. The van der Waals surface area contributed by atoms with Crippen LogP contribution in [-0.4, -0.2) is 55.1 Å². The molecule has 2 heterocycles. The van der Waals surface area contributed by atoms with Crippen molar-refractivity contribution >= 4 is 23.5 Å². The average Bonchev–Trinajstić information content (AvgIpc) is 2.89. The molecule has 1 saturated heterocycles. The Bertz CT molecular complexity index is 1110. The van der Waals surface area contributed by atoms with Crippen molar-refractivity contribution in [3.05, 3.63) is 71.8 Å². The van der Waals surface area contributed by atoms with Crippen LogP contribution < -0.4 is 15.0 Å². The lowest BCUT2D eigenvalue weighted by atomic mass is 10.1. The monoisotopic (exact) mass is 477 g/mol. The fourth-order valence-electron chi connectivity index (χ4n) is 4.11. The van der Waals surface area contributed by atoms with Gasteiger partial charge >= 0.3 is 0 Å². The van der Waals surface area contributed by atoms with Gasteiger partial charge in [-0.3, -0.25) is 4.79 Å². The molecule has 1 aromatic heterocycles. The summed E-state index contributed by atoms with van der Waals surface area (Å²) < 4.78 is 5.28. The first-order valence-electron chi connectivity index (χ1n) is 11.6. The number of hydrogen-bond acceptors (Lipinski definition) is 6. The number of benzene rings is 2. The Labute approximate surface area is 205 Å². The SMILES string of the molecule is COc1cccc(CCNC(=O)c2ccc(-c3ccc(SC)cc3)nc2N2CCC(O)CC2)c1. The van der Waals surface area contributed by atoms with Gasteiger partial charge in [0.05, 0.1) is 24.5 Å². The molecule has 0 atom stereocenters. The van der Waals surface area contributed by atoms with E-state index >= 15 is 0 Å². The van der Waals surface area contributed by atoms with Crippen molar-refractivity contribution in [2.75, 3.05) is 37.9 Å². The van der Waals surface area contributed by atoms with E-state index in [1.807, 2.05) is 36.4 Å². The molecule has 3 aromatic rings. The average molecular weight is 478 g/mol. The zero-order valence-electron chi connectivity index (χ0n) is 19.7. The summed E-state index contributed by atoms with van der Waals surface area (Å²) in [4.78, 5) is 21.4. The van der Waals surface area contributed by atoms with Crippen molar-refractivity contribution in [2.45, 2.75) is 30.3 Å². The molecule has 6 nitrogen and oxygen atoms in total. The smallest absolute Gasteiger partial charge is 0.255 e. The van der Waals surface area contributed by atoms with Crippen molar-refractivity contribution in [3.8, 4) is 17.0 Å². The zero-order chi connectivity index (χ0) is 23.9. The zero-order valence-corrected chi connectivity index (χ0v) is 20.5. The Kier molecular flexibility index (Phi) is 8.08. The predicted octanol–water partition coefficient (Wildman–Crippen LogP) is 4.41. The highest BCUT2D eigenvalue weighted by Gasteiger charge is 2.23. The quantitative estimate of drug-likeness (QED) is 0.468. The minimum absolute atomic E-state index is 0.138. The van der Waals surface area contributed by atoms with Crippen LogP contribution in [0.3, 0.4) is 0 Å². The lowest BCUT2D eigenvalue weighted by molar-refractivity contribution is 0.0954. The molecule has 1 fully saturated rings. The van der Waals surface area contributed by atoms with Gasteiger partial charge in [0.2, 0.25) is 0 Å². The summed E-state index contributed by atoms with van der Waals surface area (Å²) >= 11 is 1.70. The van der Waals surface area contributed by atoms with Gasteiger partial charge in [-0.1, -0.05) is 24.3 Å². The van der Waals surface area contributed by atoms with Gasteiger partial charge in [-0.2, -0.15) is 0 Å². The van der Waals surface area contributed by atoms with Gasteiger partial charge in [0.25, 0.3) is 5.91 Å². The Morgan fingerprint density at radius 2 is 1.91 bits per heavy atom. The maximum absolute atomic E-state index is 13.2. The number of anilines is 1. The van der Waals surface area contributed by atoms with Crippen LogP contribution in [0, 0.1) is 0 Å². The number of piperidine rings is 1. The molecule has 2 aromatic carbocycles. The Balaban J connectivity index is 1.53. The van der Waals surface area contributed by atoms with Crippen LogP contribution in [0.5, 0.6) is 5.75 Å². The van der Waals surface area contributed by atoms with Gasteiger partial charge < -0.3 is 20.1 Å². The number of aliphatic hydroxyl groups is 1. The van der Waals surface area contributed by atoms with Gasteiger partial charge in [0.1, 0.15) is 11.6 Å². The Morgan fingerprint density at radius 1 is 1.15 bits per heavy atom. The number of thioether (sulfide) groups is 1. The van der Waals surface area contributed by atoms with Crippen LogP contribution in [0.1, 0.15) is 28.8 Å². The number of methoxy groups -OCH3 is 1. The molecule has 2 N–H and O–H groups in total. The fourth-order valence-corrected chi connectivity index (χ4v) is 4.52. The number of rotatable bonds is 8. The van der Waals surface area contributed by atoms with Crippen LogP contribution in [0.25, 0.3) is 11.3 Å². The number of amides is 1. The second-order valence-corrected chi connectivity index (χ2v) is 9.25. The van der Waals surface area contributed by atoms with Gasteiger partial charge in [-0.25, -0.2) is 4.98 Å². The third kappa shape index (κ3) is 5.90. The topological polar surface area (TPSA) is 74.7 Å². The molecule has 1 aliphatic rings. The predicted molar refractivity (Wildman–Crippen MR) is 138 cm³/mol. The maximum atomic E-state index is 13.2. The number of aromatic nitrogens is 1. The number of carbonyl (C=O) groups excluding carboxylic acids is 1. The van der Waals surface area contributed by atoms with Crippen LogP contribution in [-0.2, 0) is 6.42 Å². The summed E-state index contributed by atoms with van der Waals surface area (Å²) in [6.45, 7) is 1.86. The molecule has 178 valence electrons. The van der Waals surface area contributed by atoms with Crippen molar-refractivity contribution in [2.24, 2.45) is 0 Å². The van der Waals surface area contributed by atoms with Crippen molar-refractivity contribution in [1.82, 2.24) is 10.3 Å². The molecule has 34 heavy (non-hydrogen) atoms. The summed E-state index contributed by atoms with van der Waals surface area (Å²) in [6.07, 6.45) is 3.81. The second kappa shape index (κ2) is 11.4. The first kappa shape index (κ1) is 24.1. The third-order valence-electron chi connectivity index (χ3n) is 6.10. The van der Waals surface area contributed by atoms with E-state index in [-0.39, 0.29) is 12.0 Å². The first-order chi connectivity index (χ1) is 16.6. The van der Waals surface area contributed by atoms with Gasteiger partial charge in [-0.05, 0) is 67.5 Å². The number of hydrogen-bond donors (Lipinski definition) is 2. The number of nitrogens with zero attached hydrogens (tertiary/aromatic N) is 2. The number of nitrogens with one attached hydrogen (secondary N) is 1. The molecule has 0 radical (unpaired) electrons. The van der Waals surface area contributed by atoms with E-state index in [2.05, 4.69) is 40.7 Å². The minimum atomic E-state index is -0.293. The molecule has 0 bridgehead atoms. The second-order valence-electron chi connectivity index (χ2n) is 8.37. The Morgan fingerprint density at radius 3 is 2.62 bits per heavy atom. The van der Waals surface area contributed by atoms with Crippen LogP contribution in [0.15, 0.2) is 65.6 Å². The maximum Gasteiger partial charge on any atom is 0.255 e. The van der Waals surface area contributed by atoms with E-state index < -0.39 is 0 Å². The molecular formula is C27H31N3O3S. The first-order valence-corrected chi connectivity index (χ1v) is 12.8. The number of ether oxygens (including phenoxy) is 1. The summed E-state index contributed by atoms with van der Waals surface area (Å²) in [5.41, 5.74) is 3.52. The number of aliphatic hydroxyl groups excluding tert-OH is 1. The lowest BCUT2D eigenvalue weighted by Gasteiger charge is -2.32. The van der Waals surface area contributed by atoms with Crippen LogP contribution >= 0.6 is 11.8 Å². The summed E-state index contributed by atoms with van der Waals surface area (Å²) in [7, 11) is 1.65. The molecular weight excluding hydrogens is 446 g/mol. The summed E-state index contributed by atoms with van der Waals surface area (Å²) in [5.74, 6) is 1.35. The van der Waals surface area contributed by atoms with Gasteiger partial charge in [-0.15, -0.1) is 11.8 Å². The Hall–Kier alpha value is -3.03. The van der Waals surface area contributed by atoms with Gasteiger partial charge in [0, 0.05) is 30.1 Å².